The van der Waals surface area contributed by atoms with Crippen molar-refractivity contribution < 1.29 is 32.6 Å². The van der Waals surface area contributed by atoms with E-state index < -0.39 is 15.6 Å². The van der Waals surface area contributed by atoms with Crippen LogP contribution < -0.4 is 0 Å². The summed E-state index contributed by atoms with van der Waals surface area (Å²) in [6, 6.07) is 0. The van der Waals surface area contributed by atoms with Gasteiger partial charge in [-0.1, -0.05) is 51.0 Å². The molecular formula is C20H36O7P2. The number of phosphoric acid groups is 2. The van der Waals surface area contributed by atoms with Crippen LogP contribution in [0, 0.1) is 22.7 Å². The van der Waals surface area contributed by atoms with Crippen molar-refractivity contribution >= 4 is 15.6 Å². The minimum absolute atomic E-state index is 0.252. The second kappa shape index (κ2) is 9.08. The minimum Gasteiger partial charge on any atom is -0.302 e. The maximum absolute atomic E-state index is 11.5. The first kappa shape index (κ1) is 25.0. The Morgan fingerprint density at radius 1 is 1.24 bits per heavy atom. The van der Waals surface area contributed by atoms with Crippen LogP contribution >= 0.6 is 15.6 Å². The van der Waals surface area contributed by atoms with E-state index in [1.807, 2.05) is 6.92 Å². The molecule has 0 amide bonds. The normalized spacial score (nSPS) is 32.5. The summed E-state index contributed by atoms with van der Waals surface area (Å²) < 4.78 is 30.6. The number of fused-ring (bicyclic) bond motifs is 1. The average Bonchev–Trinajstić information content (AvgIpc) is 2.50. The Labute approximate surface area is 174 Å². The van der Waals surface area contributed by atoms with Gasteiger partial charge >= 0.3 is 15.6 Å². The third-order valence-corrected chi connectivity index (χ3v) is 9.18. The van der Waals surface area contributed by atoms with Gasteiger partial charge in [-0.2, -0.15) is 4.31 Å². The van der Waals surface area contributed by atoms with E-state index in [9.17, 15) is 14.0 Å². The molecular weight excluding hydrogens is 414 g/mol. The zero-order chi connectivity index (χ0) is 22.1. The van der Waals surface area contributed by atoms with Gasteiger partial charge in [-0.05, 0) is 68.1 Å². The van der Waals surface area contributed by atoms with Crippen molar-refractivity contribution in [3.05, 3.63) is 23.8 Å². The van der Waals surface area contributed by atoms with Gasteiger partial charge in [0.2, 0.25) is 0 Å². The Morgan fingerprint density at radius 3 is 2.52 bits per heavy atom. The molecule has 0 aromatic rings. The fourth-order valence-electron chi connectivity index (χ4n) is 5.71. The van der Waals surface area contributed by atoms with E-state index in [0.717, 1.165) is 24.8 Å². The van der Waals surface area contributed by atoms with Crippen molar-refractivity contribution in [3.63, 3.8) is 0 Å². The molecule has 0 spiro atoms. The van der Waals surface area contributed by atoms with E-state index in [1.54, 1.807) is 6.08 Å². The zero-order valence-electron chi connectivity index (χ0n) is 18.0. The molecule has 2 fully saturated rings. The van der Waals surface area contributed by atoms with Crippen LogP contribution in [-0.2, 0) is 18.0 Å². The summed E-state index contributed by atoms with van der Waals surface area (Å²) in [4.78, 5) is 26.6. The number of hydrogen-bond donors (Lipinski definition) is 3. The molecule has 0 aliphatic heterocycles. The third-order valence-electron chi connectivity index (χ3n) is 7.03. The maximum atomic E-state index is 11.5. The molecule has 7 nitrogen and oxygen atoms in total. The average molecular weight is 450 g/mol. The monoisotopic (exact) mass is 450 g/mol. The molecule has 0 heterocycles. The summed E-state index contributed by atoms with van der Waals surface area (Å²) in [5.74, 6) is 1.14. The molecule has 0 bridgehead atoms. The lowest BCUT2D eigenvalue weighted by molar-refractivity contribution is -0.0539. The third kappa shape index (κ3) is 6.61. The predicted molar refractivity (Wildman–Crippen MR) is 113 cm³/mol. The summed E-state index contributed by atoms with van der Waals surface area (Å²) >= 11 is 0. The quantitative estimate of drug-likeness (QED) is 0.319. The van der Waals surface area contributed by atoms with Crippen molar-refractivity contribution in [3.8, 4) is 0 Å². The first-order valence-electron chi connectivity index (χ1n) is 10.2. The lowest BCUT2D eigenvalue weighted by Crippen LogP contribution is -2.49. The smallest absolute Gasteiger partial charge is 0.302 e. The van der Waals surface area contributed by atoms with Gasteiger partial charge in [-0.25, -0.2) is 9.13 Å². The van der Waals surface area contributed by atoms with Crippen molar-refractivity contribution in [1.82, 2.24) is 0 Å². The molecule has 2 aliphatic rings. The van der Waals surface area contributed by atoms with Crippen LogP contribution in [0.3, 0.4) is 0 Å². The van der Waals surface area contributed by atoms with E-state index in [-0.39, 0.29) is 12.0 Å². The molecule has 168 valence electrons. The Hall–Kier alpha value is -0.260. The van der Waals surface area contributed by atoms with Crippen LogP contribution in [0.1, 0.15) is 72.6 Å². The Kier molecular flexibility index (Phi) is 7.83. The van der Waals surface area contributed by atoms with Crippen LogP contribution in [0.4, 0.5) is 0 Å². The Morgan fingerprint density at radius 2 is 1.90 bits per heavy atom. The zero-order valence-corrected chi connectivity index (χ0v) is 19.8. The lowest BCUT2D eigenvalue weighted by Gasteiger charge is -2.58. The first-order chi connectivity index (χ1) is 13.2. The van der Waals surface area contributed by atoms with Crippen LogP contribution in [0.25, 0.3) is 0 Å². The number of rotatable bonds is 8. The summed E-state index contributed by atoms with van der Waals surface area (Å²) in [7, 11) is -9.88. The maximum Gasteiger partial charge on any atom is 0.481 e. The van der Waals surface area contributed by atoms with Gasteiger partial charge in [0.05, 0.1) is 6.61 Å². The number of phosphoric ester groups is 1. The van der Waals surface area contributed by atoms with Crippen molar-refractivity contribution in [2.75, 3.05) is 6.61 Å². The van der Waals surface area contributed by atoms with Crippen molar-refractivity contribution in [2.45, 2.75) is 72.6 Å². The van der Waals surface area contributed by atoms with E-state index in [2.05, 4.69) is 36.2 Å². The van der Waals surface area contributed by atoms with Crippen LogP contribution in [0.15, 0.2) is 23.8 Å². The van der Waals surface area contributed by atoms with E-state index >= 15 is 0 Å². The van der Waals surface area contributed by atoms with E-state index in [4.69, 9.17) is 9.79 Å². The van der Waals surface area contributed by atoms with Gasteiger partial charge < -0.3 is 14.7 Å². The van der Waals surface area contributed by atoms with Crippen LogP contribution in [-0.4, -0.2) is 21.3 Å². The molecule has 2 aliphatic carbocycles. The highest BCUT2D eigenvalue weighted by molar-refractivity contribution is 7.60. The first-order valence-corrected chi connectivity index (χ1v) is 13.3. The molecule has 0 saturated heterocycles. The molecule has 0 aromatic heterocycles. The predicted octanol–water partition coefficient (Wildman–Crippen LogP) is 5.74. The molecule has 2 unspecified atom stereocenters. The molecule has 2 saturated carbocycles. The largest absolute Gasteiger partial charge is 0.481 e. The van der Waals surface area contributed by atoms with E-state index in [1.165, 1.54) is 31.3 Å². The van der Waals surface area contributed by atoms with Crippen LogP contribution in [0.5, 0.6) is 0 Å². The fourth-order valence-corrected chi connectivity index (χ4v) is 7.24. The lowest BCUT2D eigenvalue weighted by atomic mass is 9.47. The fraction of sp³-hybridized carbons (Fsp3) is 0.800. The number of allylic oxidation sites excluding steroid dienone is 2. The van der Waals surface area contributed by atoms with Gasteiger partial charge in [0, 0.05) is 0 Å². The second-order valence-corrected chi connectivity index (χ2v) is 12.4. The van der Waals surface area contributed by atoms with E-state index in [0.29, 0.717) is 17.3 Å². The summed E-state index contributed by atoms with van der Waals surface area (Å²) in [5, 5.41) is 0. The van der Waals surface area contributed by atoms with Crippen LogP contribution in [0.2, 0.25) is 0 Å². The topological polar surface area (TPSA) is 113 Å². The molecule has 3 N–H and O–H groups in total. The standard InChI is InChI=1S/C20H36O7P2/c1-15(11-14-26-29(24,25)27-28(21,22)23)7-9-17-16(2)8-10-18-19(3,4)12-6-13-20(17,18)5/h11,17-18H,2,6-10,12-14H2,1,3-5H3,(H,24,25)(H2,21,22,23)/b15-11+/t17-,18?,20+/m0/s1. The second-order valence-electron chi connectivity index (χ2n) is 9.58. The van der Waals surface area contributed by atoms with Gasteiger partial charge in [0.1, 0.15) is 0 Å². The van der Waals surface area contributed by atoms with Crippen molar-refractivity contribution in [2.24, 2.45) is 22.7 Å². The summed E-state index contributed by atoms with van der Waals surface area (Å²) in [6.45, 7) is 13.3. The number of hydrogen-bond acceptors (Lipinski definition) is 4. The van der Waals surface area contributed by atoms with Gasteiger partial charge in [0.25, 0.3) is 0 Å². The highest BCUT2D eigenvalue weighted by Crippen LogP contribution is 2.62. The molecule has 9 heteroatoms. The van der Waals surface area contributed by atoms with Gasteiger partial charge in [-0.15, -0.1) is 0 Å². The Balaban J connectivity index is 1.97. The molecule has 2 rings (SSSR count). The Bertz CT molecular complexity index is 739. The highest BCUT2D eigenvalue weighted by Gasteiger charge is 2.52. The highest BCUT2D eigenvalue weighted by atomic mass is 31.3. The SMILES string of the molecule is C=C1CCC2C(C)(C)CCC[C@]2(C)[C@H]1CC/C(C)=C/COP(=O)(O)OP(=O)(O)O. The van der Waals surface area contributed by atoms with Crippen molar-refractivity contribution in [1.29, 1.82) is 0 Å². The molecule has 4 atom stereocenters. The molecule has 29 heavy (non-hydrogen) atoms. The van der Waals surface area contributed by atoms with Gasteiger partial charge in [-0.3, -0.25) is 4.52 Å². The summed E-state index contributed by atoms with van der Waals surface area (Å²) in [6.07, 6.45) is 9.48. The van der Waals surface area contributed by atoms with Gasteiger partial charge in [0.15, 0.2) is 0 Å². The summed E-state index contributed by atoms with van der Waals surface area (Å²) in [5.41, 5.74) is 2.94. The minimum atomic E-state index is -5.09. The molecule has 0 aromatic carbocycles. The molecule has 0 radical (unpaired) electrons.